The average Bonchev–Trinajstić information content (AvgIpc) is 3.42. The molecule has 4 aromatic rings. The van der Waals surface area contributed by atoms with Gasteiger partial charge in [-0.1, -0.05) is 12.1 Å². The van der Waals surface area contributed by atoms with Gasteiger partial charge in [-0.15, -0.1) is 11.3 Å². The smallest absolute Gasteiger partial charge is 0.425 e. The van der Waals surface area contributed by atoms with Crippen molar-refractivity contribution in [3.05, 3.63) is 86.4 Å². The number of carboxylic acids is 1. The highest BCUT2D eigenvalue weighted by Crippen LogP contribution is 2.36. The van der Waals surface area contributed by atoms with Gasteiger partial charge in [0, 0.05) is 23.8 Å². The van der Waals surface area contributed by atoms with Gasteiger partial charge in [-0.3, -0.25) is 4.79 Å². The van der Waals surface area contributed by atoms with E-state index in [0.717, 1.165) is 22.2 Å². The highest BCUT2D eigenvalue weighted by atomic mass is 32.1. The number of benzene rings is 1. The molecular formula is C26H22F3N3O3S. The van der Waals surface area contributed by atoms with E-state index in [1.807, 2.05) is 16.7 Å². The van der Waals surface area contributed by atoms with E-state index >= 15 is 0 Å². The monoisotopic (exact) mass is 513 g/mol. The van der Waals surface area contributed by atoms with E-state index < -0.39 is 17.0 Å². The first-order valence-electron chi connectivity index (χ1n) is 11.3. The molecule has 3 aromatic heterocycles. The van der Waals surface area contributed by atoms with E-state index in [2.05, 4.69) is 4.98 Å². The number of pyridine rings is 1. The topological polar surface area (TPSA) is 75.4 Å². The predicted octanol–water partition coefficient (Wildman–Crippen LogP) is 5.30. The first-order chi connectivity index (χ1) is 17.1. The number of aromatic carboxylic acids is 1. The van der Waals surface area contributed by atoms with Crippen molar-refractivity contribution in [2.45, 2.75) is 39.0 Å². The van der Waals surface area contributed by atoms with Gasteiger partial charge in [0.05, 0.1) is 25.1 Å². The average molecular weight is 514 g/mol. The van der Waals surface area contributed by atoms with Gasteiger partial charge < -0.3 is 14.6 Å². The summed E-state index contributed by atoms with van der Waals surface area (Å²) in [6.07, 6.45) is -1.98. The van der Waals surface area contributed by atoms with Gasteiger partial charge >= 0.3 is 12.1 Å². The van der Waals surface area contributed by atoms with Crippen molar-refractivity contribution in [3.63, 3.8) is 0 Å². The van der Waals surface area contributed by atoms with E-state index in [4.69, 9.17) is 0 Å². The van der Waals surface area contributed by atoms with Crippen LogP contribution in [-0.4, -0.2) is 38.0 Å². The number of carbonyl (C=O) groups excluding carboxylic acids is 1. The minimum atomic E-state index is -4.39. The summed E-state index contributed by atoms with van der Waals surface area (Å²) in [6.45, 7) is 2.77. The van der Waals surface area contributed by atoms with Crippen LogP contribution in [0.3, 0.4) is 0 Å². The van der Waals surface area contributed by atoms with Crippen molar-refractivity contribution in [1.29, 1.82) is 0 Å². The predicted molar refractivity (Wildman–Crippen MR) is 129 cm³/mol. The van der Waals surface area contributed by atoms with Gasteiger partial charge in [-0.2, -0.15) is 13.2 Å². The Labute approximate surface area is 208 Å². The molecule has 0 atom stereocenters. The normalized spacial score (nSPS) is 13.7. The van der Waals surface area contributed by atoms with Crippen molar-refractivity contribution in [1.82, 2.24) is 14.5 Å². The Morgan fingerprint density at radius 2 is 1.97 bits per heavy atom. The number of hydrogen-bond acceptors (Lipinski definition) is 4. The Morgan fingerprint density at radius 3 is 2.67 bits per heavy atom. The summed E-state index contributed by atoms with van der Waals surface area (Å²) < 4.78 is 41.3. The summed E-state index contributed by atoms with van der Waals surface area (Å²) in [6, 6.07) is 9.83. The van der Waals surface area contributed by atoms with Crippen molar-refractivity contribution >= 4 is 34.2 Å². The number of amides is 1. The highest BCUT2D eigenvalue weighted by molar-refractivity contribution is 7.10. The van der Waals surface area contributed by atoms with Crippen LogP contribution in [-0.2, 0) is 36.9 Å². The number of hydrogen-bond donors (Lipinski definition) is 1. The number of aromatic nitrogens is 2. The molecule has 1 aliphatic heterocycles. The molecule has 1 aromatic carbocycles. The zero-order valence-corrected chi connectivity index (χ0v) is 20.1. The van der Waals surface area contributed by atoms with Crippen molar-refractivity contribution < 1.29 is 27.9 Å². The van der Waals surface area contributed by atoms with Crippen LogP contribution in [0.4, 0.5) is 13.2 Å². The number of fused-ring (bicyclic) bond motifs is 3. The van der Waals surface area contributed by atoms with Gasteiger partial charge in [0.15, 0.2) is 0 Å². The van der Waals surface area contributed by atoms with Crippen LogP contribution < -0.4 is 0 Å². The van der Waals surface area contributed by atoms with Crippen molar-refractivity contribution in [3.8, 4) is 0 Å². The molecule has 0 spiro atoms. The lowest BCUT2D eigenvalue weighted by molar-refractivity contribution is -0.134. The molecule has 4 heterocycles. The molecule has 0 unspecified atom stereocenters. The molecule has 0 radical (unpaired) electrons. The van der Waals surface area contributed by atoms with E-state index in [0.29, 0.717) is 47.6 Å². The van der Waals surface area contributed by atoms with Gasteiger partial charge in [-0.25, -0.2) is 9.78 Å². The lowest BCUT2D eigenvalue weighted by Gasteiger charge is -2.29. The van der Waals surface area contributed by atoms with Crippen LogP contribution in [0.15, 0.2) is 48.0 Å². The zero-order chi connectivity index (χ0) is 25.6. The summed E-state index contributed by atoms with van der Waals surface area (Å²) in [7, 11) is 0. The molecule has 10 heteroatoms. The number of carbonyl (C=O) groups is 2. The number of thiophene rings is 1. The maximum absolute atomic E-state index is 13.2. The first-order valence-corrected chi connectivity index (χ1v) is 12.2. The van der Waals surface area contributed by atoms with Crippen molar-refractivity contribution in [2.24, 2.45) is 0 Å². The SMILES string of the molecule is Cc1cc(CC(=O)N2CCc3c(n(Cc4csc(C(F)(F)F)c4)c4ncccc34)C2)ccc1C(=O)O. The maximum Gasteiger partial charge on any atom is 0.425 e. The summed E-state index contributed by atoms with van der Waals surface area (Å²) in [4.78, 5) is 30.0. The largest absolute Gasteiger partial charge is 0.478 e. The van der Waals surface area contributed by atoms with Gasteiger partial charge in [0.2, 0.25) is 5.91 Å². The standard InChI is InChI=1S/C26H22F3N3O3S/c1-15-9-16(4-5-18(15)25(34)35)11-23(33)31-8-6-19-20-3-2-7-30-24(20)32(21(19)13-31)12-17-10-22(36-14-17)26(27,28)29/h2-5,7,9-10,14H,6,8,11-13H2,1H3,(H,34,35). The third-order valence-corrected chi connectivity index (χ3v) is 7.54. The van der Waals surface area contributed by atoms with E-state index in [9.17, 15) is 27.9 Å². The van der Waals surface area contributed by atoms with E-state index in [1.165, 1.54) is 17.5 Å². The third kappa shape index (κ3) is 4.48. The van der Waals surface area contributed by atoms with Gasteiger partial charge in [0.25, 0.3) is 0 Å². The number of halogens is 3. The van der Waals surface area contributed by atoms with Crippen LogP contribution >= 0.6 is 11.3 Å². The molecule has 0 aliphatic carbocycles. The molecule has 0 saturated carbocycles. The van der Waals surface area contributed by atoms with E-state index in [1.54, 1.807) is 30.2 Å². The number of alkyl halides is 3. The molecular weight excluding hydrogens is 491 g/mol. The van der Waals surface area contributed by atoms with Crippen LogP contribution in [0.2, 0.25) is 0 Å². The molecule has 36 heavy (non-hydrogen) atoms. The molecule has 186 valence electrons. The summed E-state index contributed by atoms with van der Waals surface area (Å²) in [5.74, 6) is -1.11. The fourth-order valence-corrected chi connectivity index (χ4v) is 5.57. The zero-order valence-electron chi connectivity index (χ0n) is 19.3. The third-order valence-electron chi connectivity index (χ3n) is 6.52. The molecule has 6 nitrogen and oxygen atoms in total. The summed E-state index contributed by atoms with van der Waals surface area (Å²) in [5.41, 5.74) is 4.69. The minimum Gasteiger partial charge on any atom is -0.478 e. The Kier molecular flexibility index (Phi) is 6.07. The molecule has 1 N–H and O–H groups in total. The lowest BCUT2D eigenvalue weighted by atomic mass is 10.0. The van der Waals surface area contributed by atoms with Crippen LogP contribution in [0.25, 0.3) is 11.0 Å². The molecule has 0 bridgehead atoms. The first kappa shape index (κ1) is 24.1. The number of rotatable bonds is 5. The van der Waals surface area contributed by atoms with Crippen LogP contribution in [0.5, 0.6) is 0 Å². The minimum absolute atomic E-state index is 0.0946. The Bertz CT molecular complexity index is 1490. The maximum atomic E-state index is 13.2. The second-order valence-corrected chi connectivity index (χ2v) is 9.81. The molecule has 5 rings (SSSR count). The fraction of sp³-hybridized carbons (Fsp3) is 0.269. The fourth-order valence-electron chi connectivity index (χ4n) is 4.80. The number of aryl methyl sites for hydroxylation is 1. The number of carboxylic acid groups (broad SMARTS) is 1. The summed E-state index contributed by atoms with van der Waals surface area (Å²) >= 11 is 0.672. The Hall–Kier alpha value is -3.66. The summed E-state index contributed by atoms with van der Waals surface area (Å²) in [5, 5.41) is 11.7. The van der Waals surface area contributed by atoms with Gasteiger partial charge in [0.1, 0.15) is 10.5 Å². The molecule has 1 amide bonds. The second kappa shape index (κ2) is 9.09. The highest BCUT2D eigenvalue weighted by Gasteiger charge is 2.33. The van der Waals surface area contributed by atoms with Gasteiger partial charge in [-0.05, 0) is 65.2 Å². The lowest BCUT2D eigenvalue weighted by Crippen LogP contribution is -2.37. The quantitative estimate of drug-likeness (QED) is 0.393. The number of nitrogens with zero attached hydrogens (tertiary/aromatic N) is 3. The van der Waals surface area contributed by atoms with Crippen LogP contribution in [0.1, 0.15) is 43.2 Å². The Balaban J connectivity index is 1.42. The second-order valence-electron chi connectivity index (χ2n) is 8.90. The Morgan fingerprint density at radius 1 is 1.17 bits per heavy atom. The molecule has 0 saturated heterocycles. The van der Waals surface area contributed by atoms with Crippen LogP contribution in [0, 0.1) is 6.92 Å². The van der Waals surface area contributed by atoms with E-state index in [-0.39, 0.29) is 24.4 Å². The molecule has 0 fully saturated rings. The molecule has 1 aliphatic rings. The van der Waals surface area contributed by atoms with Crippen molar-refractivity contribution in [2.75, 3.05) is 6.54 Å².